The standard InChI is InChI=1S/C15H14O2S.CHF3O3S/c1-15(2)11-7-3-5-9-13(11)18(17-15)14-10-6-4-8-12(14)16;2-1(3,4)8(5,6)7/h3-10H,1-2H3;(H,5,6,7). The monoisotopic (exact) mass is 408 g/mol. The zero-order valence-electron chi connectivity index (χ0n) is 13.6. The molecule has 0 saturated carbocycles. The first kappa shape index (κ1) is 20.6. The van der Waals surface area contributed by atoms with Gasteiger partial charge in [-0.3, -0.25) is 0 Å². The van der Waals surface area contributed by atoms with Crippen LogP contribution in [-0.2, 0) is 31.1 Å². The van der Waals surface area contributed by atoms with E-state index in [0.717, 1.165) is 4.90 Å². The van der Waals surface area contributed by atoms with Gasteiger partial charge in [-0.05, 0) is 26.0 Å². The first-order valence-electron chi connectivity index (χ1n) is 7.18. The Morgan fingerprint density at radius 2 is 1.50 bits per heavy atom. The molecule has 0 radical (unpaired) electrons. The van der Waals surface area contributed by atoms with Crippen molar-refractivity contribution in [2.24, 2.45) is 0 Å². The molecule has 0 bridgehead atoms. The van der Waals surface area contributed by atoms with Crippen LogP contribution in [0.3, 0.4) is 0 Å². The van der Waals surface area contributed by atoms with Crippen molar-refractivity contribution in [3.8, 4) is 5.75 Å². The summed E-state index contributed by atoms with van der Waals surface area (Å²) in [5.74, 6) is 0.299. The SMILES string of the molecule is CC1(C)O[S+](c2ccccc2O)c2ccccc21.O=S(=O)([O-])C(F)(F)F. The summed E-state index contributed by atoms with van der Waals surface area (Å²) in [6.45, 7) is 4.14. The number of hydrogen-bond acceptors (Lipinski definition) is 5. The van der Waals surface area contributed by atoms with E-state index in [1.54, 1.807) is 6.07 Å². The van der Waals surface area contributed by atoms with Crippen LogP contribution in [0.5, 0.6) is 5.75 Å². The maximum absolute atomic E-state index is 10.7. The fourth-order valence-corrected chi connectivity index (χ4v) is 4.30. The number of hydrogen-bond donors (Lipinski definition) is 1. The van der Waals surface area contributed by atoms with Gasteiger partial charge in [-0.15, -0.1) is 0 Å². The van der Waals surface area contributed by atoms with Gasteiger partial charge in [0.25, 0.3) is 0 Å². The highest BCUT2D eigenvalue weighted by Gasteiger charge is 2.49. The molecule has 142 valence electrons. The maximum atomic E-state index is 10.7. The number of fused-ring (bicyclic) bond motifs is 1. The van der Waals surface area contributed by atoms with Gasteiger partial charge in [0.1, 0.15) is 0 Å². The molecule has 0 amide bonds. The minimum atomic E-state index is -6.09. The molecule has 1 N–H and O–H groups in total. The minimum absolute atomic E-state index is 0.299. The Hall–Kier alpha value is -1.75. The minimum Gasteiger partial charge on any atom is -0.741 e. The van der Waals surface area contributed by atoms with E-state index in [9.17, 15) is 18.3 Å². The molecule has 1 heterocycles. The Bertz CT molecular complexity index is 895. The Kier molecular flexibility index (Phi) is 5.62. The molecule has 2 aromatic carbocycles. The first-order chi connectivity index (χ1) is 11.8. The van der Waals surface area contributed by atoms with Crippen LogP contribution in [0.15, 0.2) is 58.3 Å². The van der Waals surface area contributed by atoms with Crippen molar-refractivity contribution >= 4 is 21.3 Å². The molecular formula is C16H15F3O5S2. The summed E-state index contributed by atoms with van der Waals surface area (Å²) < 4.78 is 65.1. The van der Waals surface area contributed by atoms with Gasteiger partial charge in [-0.2, -0.15) is 17.4 Å². The number of phenolic OH excluding ortho intramolecular Hbond substituents is 1. The first-order valence-corrected chi connectivity index (χ1v) is 9.74. The quantitative estimate of drug-likeness (QED) is 0.442. The molecule has 26 heavy (non-hydrogen) atoms. The summed E-state index contributed by atoms with van der Waals surface area (Å²) >= 11 is -0.497. The second-order valence-electron chi connectivity index (χ2n) is 5.73. The number of benzene rings is 2. The van der Waals surface area contributed by atoms with Gasteiger partial charge in [-0.1, -0.05) is 30.3 Å². The summed E-state index contributed by atoms with van der Waals surface area (Å²) in [5, 5.41) is 9.99. The van der Waals surface area contributed by atoms with Crippen LogP contribution in [0.1, 0.15) is 19.4 Å². The van der Waals surface area contributed by atoms with Crippen LogP contribution in [-0.4, -0.2) is 23.6 Å². The van der Waals surface area contributed by atoms with E-state index in [1.807, 2.05) is 30.3 Å². The van der Waals surface area contributed by atoms with Gasteiger partial charge in [0.05, 0.1) is 0 Å². The summed E-state index contributed by atoms with van der Waals surface area (Å²) in [6.07, 6.45) is 0. The van der Waals surface area contributed by atoms with E-state index in [4.69, 9.17) is 17.2 Å². The zero-order chi connectivity index (χ0) is 19.8. The largest absolute Gasteiger partial charge is 0.741 e. The predicted molar refractivity (Wildman–Crippen MR) is 88.3 cm³/mol. The molecule has 0 saturated heterocycles. The molecule has 1 aliphatic rings. The summed E-state index contributed by atoms with van der Waals surface area (Å²) in [6, 6.07) is 15.6. The van der Waals surface area contributed by atoms with Crippen LogP contribution in [0, 0.1) is 0 Å². The Balaban J connectivity index is 0.000000260. The van der Waals surface area contributed by atoms with Gasteiger partial charge in [0.2, 0.25) is 21.0 Å². The summed E-state index contributed by atoms with van der Waals surface area (Å²) in [7, 11) is -6.09. The molecule has 0 spiro atoms. The van der Waals surface area contributed by atoms with Crippen LogP contribution >= 0.6 is 0 Å². The van der Waals surface area contributed by atoms with E-state index in [2.05, 4.69) is 26.0 Å². The average Bonchev–Trinajstić information content (AvgIpc) is 2.79. The predicted octanol–water partition coefficient (Wildman–Crippen LogP) is 3.66. The van der Waals surface area contributed by atoms with Crippen LogP contribution < -0.4 is 0 Å². The van der Waals surface area contributed by atoms with Crippen molar-refractivity contribution in [2.45, 2.75) is 34.7 Å². The van der Waals surface area contributed by atoms with Crippen molar-refractivity contribution in [1.29, 1.82) is 0 Å². The van der Waals surface area contributed by atoms with Crippen LogP contribution in [0.25, 0.3) is 0 Å². The Morgan fingerprint density at radius 1 is 1.04 bits per heavy atom. The molecule has 1 unspecified atom stereocenters. The molecule has 0 aliphatic carbocycles. The van der Waals surface area contributed by atoms with E-state index < -0.39 is 26.8 Å². The Morgan fingerprint density at radius 3 is 2.00 bits per heavy atom. The van der Waals surface area contributed by atoms with Crippen molar-refractivity contribution < 1.29 is 35.4 Å². The molecule has 2 aromatic rings. The third-order valence-electron chi connectivity index (χ3n) is 3.38. The second kappa shape index (κ2) is 7.10. The highest BCUT2D eigenvalue weighted by Crippen LogP contribution is 2.46. The molecule has 5 nitrogen and oxygen atoms in total. The van der Waals surface area contributed by atoms with Crippen molar-refractivity contribution in [3.63, 3.8) is 0 Å². The van der Waals surface area contributed by atoms with E-state index >= 15 is 0 Å². The normalized spacial score (nSPS) is 18.6. The van der Waals surface area contributed by atoms with Gasteiger partial charge in [0.15, 0.2) is 21.5 Å². The molecule has 1 aliphatic heterocycles. The fourth-order valence-electron chi connectivity index (χ4n) is 2.20. The van der Waals surface area contributed by atoms with Gasteiger partial charge < -0.3 is 9.66 Å². The zero-order valence-corrected chi connectivity index (χ0v) is 15.3. The van der Waals surface area contributed by atoms with Crippen molar-refractivity contribution in [3.05, 3.63) is 54.1 Å². The summed E-state index contributed by atoms with van der Waals surface area (Å²) in [5.41, 5.74) is -4.74. The highest BCUT2D eigenvalue weighted by molar-refractivity contribution is 7.93. The molecule has 0 fully saturated rings. The lowest BCUT2D eigenvalue weighted by Gasteiger charge is -2.11. The number of halogens is 3. The number of rotatable bonds is 1. The number of alkyl halides is 3. The third-order valence-corrected chi connectivity index (χ3v) is 6.03. The van der Waals surface area contributed by atoms with Crippen LogP contribution in [0.4, 0.5) is 13.2 Å². The van der Waals surface area contributed by atoms with Gasteiger partial charge >= 0.3 is 5.51 Å². The van der Waals surface area contributed by atoms with E-state index in [-0.39, 0.29) is 5.60 Å². The van der Waals surface area contributed by atoms with Crippen molar-refractivity contribution in [1.82, 2.24) is 0 Å². The van der Waals surface area contributed by atoms with Gasteiger partial charge in [0, 0.05) is 11.6 Å². The molecule has 3 rings (SSSR count). The number of aromatic hydroxyl groups is 1. The highest BCUT2D eigenvalue weighted by atomic mass is 32.2. The van der Waals surface area contributed by atoms with E-state index in [0.29, 0.717) is 5.75 Å². The number of para-hydroxylation sites is 1. The number of phenols is 1. The smallest absolute Gasteiger partial charge is 0.485 e. The molecular weight excluding hydrogens is 393 g/mol. The molecule has 1 atom stereocenters. The third kappa shape index (κ3) is 4.32. The maximum Gasteiger partial charge on any atom is 0.485 e. The fraction of sp³-hybridized carbons (Fsp3) is 0.250. The topological polar surface area (TPSA) is 86.7 Å². The van der Waals surface area contributed by atoms with Crippen LogP contribution in [0.2, 0.25) is 0 Å². The summed E-state index contributed by atoms with van der Waals surface area (Å²) in [4.78, 5) is 2.03. The van der Waals surface area contributed by atoms with Gasteiger partial charge in [-0.25, -0.2) is 8.42 Å². The van der Waals surface area contributed by atoms with E-state index in [1.165, 1.54) is 10.5 Å². The lowest BCUT2D eigenvalue weighted by molar-refractivity contribution is -0.0517. The molecule has 0 aromatic heterocycles. The average molecular weight is 408 g/mol. The Labute approximate surface area is 151 Å². The lowest BCUT2D eigenvalue weighted by atomic mass is 9.99. The van der Waals surface area contributed by atoms with Crippen molar-refractivity contribution in [2.75, 3.05) is 0 Å². The lowest BCUT2D eigenvalue weighted by Crippen LogP contribution is -2.21. The second-order valence-corrected chi connectivity index (χ2v) is 8.68. The molecule has 10 heteroatoms.